The number of hydrogen-bond acceptors (Lipinski definition) is 5. The fraction of sp³-hybridized carbons (Fsp3) is 0.296. The predicted molar refractivity (Wildman–Crippen MR) is 140 cm³/mol. The highest BCUT2D eigenvalue weighted by molar-refractivity contribution is 9.10. The van der Waals surface area contributed by atoms with E-state index >= 15 is 0 Å². The van der Waals surface area contributed by atoms with Crippen LogP contribution in [0.5, 0.6) is 0 Å². The number of nitrogens with one attached hydrogen (secondary N) is 3. The molecule has 3 atom stereocenters. The molecule has 3 N–H and O–H groups in total. The molecule has 7 nitrogen and oxygen atoms in total. The first-order valence-electron chi connectivity index (χ1n) is 11.6. The Labute approximate surface area is 211 Å². The Balaban J connectivity index is 1.61. The van der Waals surface area contributed by atoms with Crippen LogP contribution in [0.3, 0.4) is 0 Å². The van der Waals surface area contributed by atoms with Gasteiger partial charge in [0.15, 0.2) is 5.41 Å². The number of ether oxygens (including phenoxy) is 1. The predicted octanol–water partition coefficient (Wildman–Crippen LogP) is 3.18. The number of nitrogens with zero attached hydrogens (tertiary/aromatic N) is 2. The zero-order valence-corrected chi connectivity index (χ0v) is 21.1. The molecule has 0 radical (unpaired) electrons. The Morgan fingerprint density at radius 2 is 1.94 bits per heavy atom. The van der Waals surface area contributed by atoms with Gasteiger partial charge in [-0.1, -0.05) is 28.1 Å². The molecule has 5 heterocycles. The van der Waals surface area contributed by atoms with E-state index in [1.54, 1.807) is 13.8 Å². The summed E-state index contributed by atoms with van der Waals surface area (Å²) in [6, 6.07) is 10.3. The van der Waals surface area contributed by atoms with E-state index in [0.29, 0.717) is 6.42 Å². The average molecular weight is 532 g/mol. The van der Waals surface area contributed by atoms with Crippen molar-refractivity contribution in [1.29, 1.82) is 5.26 Å². The zero-order chi connectivity index (χ0) is 24.7. The molecule has 8 heteroatoms. The number of carbonyl (C=O) groups is 1. The maximum atomic E-state index is 12.8. The maximum Gasteiger partial charge on any atom is 0.326 e. The number of aromatic nitrogens is 2. The number of allylic oxidation sites excluding steroid dienone is 2. The van der Waals surface area contributed by atoms with E-state index in [0.717, 1.165) is 33.5 Å². The van der Waals surface area contributed by atoms with Crippen LogP contribution in [0.15, 0.2) is 59.3 Å². The van der Waals surface area contributed by atoms with Crippen LogP contribution in [0.1, 0.15) is 38.1 Å². The number of aromatic amines is 2. The van der Waals surface area contributed by atoms with Crippen molar-refractivity contribution < 1.29 is 9.53 Å². The van der Waals surface area contributed by atoms with E-state index in [-0.39, 0.29) is 13.0 Å². The summed E-state index contributed by atoms with van der Waals surface area (Å²) in [6.45, 7) is 3.60. The summed E-state index contributed by atoms with van der Waals surface area (Å²) >= 11 is 3.84. The van der Waals surface area contributed by atoms with Crippen LogP contribution in [0.4, 0.5) is 0 Å². The molecule has 2 aromatic rings. The van der Waals surface area contributed by atoms with Crippen LogP contribution in [0.2, 0.25) is 0 Å². The highest BCUT2D eigenvalue weighted by Crippen LogP contribution is 2.41. The molecule has 0 aromatic carbocycles. The van der Waals surface area contributed by atoms with Gasteiger partial charge < -0.3 is 14.7 Å². The summed E-state index contributed by atoms with van der Waals surface area (Å²) in [6.07, 6.45) is 14.8. The van der Waals surface area contributed by atoms with Gasteiger partial charge in [0.25, 0.3) is 0 Å². The standard InChI is InChI=1S/C27H26BrN5O2/c1-3-35-24(34)25(2,17-29)16-26-10-11-27(28,33-26)15-23-9-7-21(32-23)13-19-5-4-18(30-19)12-20-6-8-22(14-26)31-20/h4-13,15,30,32-33H,3,14,16H2,1-2H3. The maximum absolute atomic E-state index is 12.8. The monoisotopic (exact) mass is 531 g/mol. The van der Waals surface area contributed by atoms with Crippen molar-refractivity contribution in [3.05, 3.63) is 76.4 Å². The minimum Gasteiger partial charge on any atom is -0.465 e. The number of H-pyrrole nitrogens is 2. The van der Waals surface area contributed by atoms with E-state index in [9.17, 15) is 10.1 Å². The zero-order valence-electron chi connectivity index (χ0n) is 19.6. The van der Waals surface area contributed by atoms with Crippen LogP contribution in [0.25, 0.3) is 18.2 Å². The van der Waals surface area contributed by atoms with Crippen molar-refractivity contribution in [3.63, 3.8) is 0 Å². The van der Waals surface area contributed by atoms with Crippen LogP contribution in [-0.4, -0.2) is 38.2 Å². The molecule has 3 aliphatic rings. The summed E-state index contributed by atoms with van der Waals surface area (Å²) in [4.78, 5) is 24.4. The van der Waals surface area contributed by atoms with Gasteiger partial charge in [-0.2, -0.15) is 5.26 Å². The van der Waals surface area contributed by atoms with Crippen LogP contribution in [0, 0.1) is 16.7 Å². The second-order valence-corrected chi connectivity index (χ2v) is 10.7. The number of halogens is 1. The van der Waals surface area contributed by atoms with Gasteiger partial charge in [0.05, 0.1) is 18.4 Å². The highest BCUT2D eigenvalue weighted by Gasteiger charge is 2.49. The summed E-state index contributed by atoms with van der Waals surface area (Å²) in [5.41, 5.74) is 1.60. The molecule has 3 unspecified atom stereocenters. The summed E-state index contributed by atoms with van der Waals surface area (Å²) in [5.74, 6) is -0.521. The van der Waals surface area contributed by atoms with Crippen LogP contribution >= 0.6 is 15.9 Å². The van der Waals surface area contributed by atoms with Gasteiger partial charge >= 0.3 is 5.97 Å². The van der Waals surface area contributed by atoms with Crippen molar-refractivity contribution in [3.8, 4) is 6.07 Å². The lowest BCUT2D eigenvalue weighted by Gasteiger charge is -2.36. The Hall–Kier alpha value is -3.41. The second kappa shape index (κ2) is 8.67. The molecule has 5 rings (SSSR count). The third kappa shape index (κ3) is 4.75. The second-order valence-electron chi connectivity index (χ2n) is 9.43. The number of hydrogen-bond donors (Lipinski definition) is 3. The Bertz CT molecular complexity index is 1470. The summed E-state index contributed by atoms with van der Waals surface area (Å²) in [7, 11) is 0. The van der Waals surface area contributed by atoms with Gasteiger partial charge in [0.1, 0.15) is 4.45 Å². The Morgan fingerprint density at radius 3 is 2.71 bits per heavy atom. The number of aliphatic imine (C=N–C) groups is 1. The van der Waals surface area contributed by atoms with E-state index in [2.05, 4.69) is 37.3 Å². The van der Waals surface area contributed by atoms with E-state index in [1.807, 2.05) is 66.8 Å². The Kier molecular flexibility index (Phi) is 5.78. The summed E-state index contributed by atoms with van der Waals surface area (Å²) < 4.78 is 4.57. The van der Waals surface area contributed by atoms with Crippen molar-refractivity contribution in [2.75, 3.05) is 6.61 Å². The molecule has 0 amide bonds. The number of esters is 1. The molecule has 0 saturated heterocycles. The SMILES string of the molecule is CCOC(=O)C(C)(C#N)CC12C=CC(Br)(C=c3ccc([nH]3)=Cc3ccc([nH]3)C=C3C=CC(=N3)C1)N2. The largest absolute Gasteiger partial charge is 0.465 e. The molecule has 0 aliphatic carbocycles. The van der Waals surface area contributed by atoms with Gasteiger partial charge in [-0.05, 0) is 74.9 Å². The molecule has 0 spiro atoms. The first-order chi connectivity index (χ1) is 16.7. The van der Waals surface area contributed by atoms with E-state index in [1.165, 1.54) is 0 Å². The molecule has 35 heavy (non-hydrogen) atoms. The number of fused-ring (bicyclic) bond motifs is 7. The van der Waals surface area contributed by atoms with Gasteiger partial charge in [0, 0.05) is 39.8 Å². The smallest absolute Gasteiger partial charge is 0.326 e. The molecule has 178 valence electrons. The van der Waals surface area contributed by atoms with E-state index in [4.69, 9.17) is 9.73 Å². The van der Waals surface area contributed by atoms with Crippen LogP contribution in [-0.2, 0) is 9.53 Å². The van der Waals surface area contributed by atoms with Gasteiger partial charge in [-0.25, -0.2) is 0 Å². The molecular formula is C27H26BrN5O2. The number of nitriles is 1. The third-order valence-corrected chi connectivity index (χ3v) is 7.08. The van der Waals surface area contributed by atoms with Gasteiger partial charge in [-0.15, -0.1) is 0 Å². The highest BCUT2D eigenvalue weighted by atomic mass is 79.9. The van der Waals surface area contributed by atoms with Gasteiger partial charge in [0.2, 0.25) is 0 Å². The number of rotatable bonds is 4. The normalized spacial score (nSPS) is 26.1. The first kappa shape index (κ1) is 23.3. The van der Waals surface area contributed by atoms with Crippen molar-refractivity contribution in [1.82, 2.24) is 15.3 Å². The number of alkyl halides is 1. The van der Waals surface area contributed by atoms with E-state index < -0.39 is 21.4 Å². The van der Waals surface area contributed by atoms with Gasteiger partial charge in [-0.3, -0.25) is 15.1 Å². The molecule has 8 bridgehead atoms. The molecule has 0 fully saturated rings. The fourth-order valence-electron chi connectivity index (χ4n) is 4.85. The molecular weight excluding hydrogens is 506 g/mol. The molecule has 0 saturated carbocycles. The van der Waals surface area contributed by atoms with Crippen molar-refractivity contribution in [2.24, 2.45) is 10.4 Å². The molecule has 2 aromatic heterocycles. The molecule has 3 aliphatic heterocycles. The topological polar surface area (TPSA) is 106 Å². The lowest BCUT2D eigenvalue weighted by atomic mass is 9.76. The van der Waals surface area contributed by atoms with Crippen molar-refractivity contribution in [2.45, 2.75) is 36.7 Å². The third-order valence-electron chi connectivity index (χ3n) is 6.39. The average Bonchev–Trinajstić information content (AvgIpc) is 3.59. The minimum absolute atomic E-state index is 0.221. The summed E-state index contributed by atoms with van der Waals surface area (Å²) in [5, 5.41) is 15.5. The fourth-order valence-corrected chi connectivity index (χ4v) is 5.62. The minimum atomic E-state index is -1.33. The lowest BCUT2D eigenvalue weighted by molar-refractivity contribution is -0.152. The first-order valence-corrected chi connectivity index (χ1v) is 12.3. The lowest BCUT2D eigenvalue weighted by Crippen LogP contribution is -2.52. The quantitative estimate of drug-likeness (QED) is 0.244. The van der Waals surface area contributed by atoms with Crippen LogP contribution < -0.4 is 16.0 Å². The van der Waals surface area contributed by atoms with Crippen molar-refractivity contribution >= 4 is 45.8 Å². The number of carbonyl (C=O) groups excluding carboxylic acids is 1. The Morgan fingerprint density at radius 1 is 1.17 bits per heavy atom.